The highest BCUT2D eigenvalue weighted by Gasteiger charge is 2.38. The number of rotatable bonds is 5. The van der Waals surface area contributed by atoms with E-state index >= 15 is 0 Å². The van der Waals surface area contributed by atoms with Gasteiger partial charge in [-0.3, -0.25) is 0 Å². The molecule has 1 aromatic carbocycles. The molecule has 6 nitrogen and oxygen atoms in total. The summed E-state index contributed by atoms with van der Waals surface area (Å²) in [5.74, 6) is 0.398. The number of allylic oxidation sites excluding steroid dienone is 2. The van der Waals surface area contributed by atoms with Crippen molar-refractivity contribution >= 4 is 15.6 Å². The predicted octanol–water partition coefficient (Wildman–Crippen LogP) is 2.97. The maximum atomic E-state index is 13.4. The monoisotopic (exact) mass is 422 g/mol. The van der Waals surface area contributed by atoms with Gasteiger partial charge in [0.1, 0.15) is 16.7 Å². The molecule has 0 saturated carbocycles. The third kappa shape index (κ3) is 4.85. The number of ether oxygens (including phenoxy) is 1. The van der Waals surface area contributed by atoms with Crippen LogP contribution in [-0.4, -0.2) is 68.7 Å². The molecule has 3 atom stereocenters. The molecule has 0 aromatic heterocycles. The fourth-order valence-corrected chi connectivity index (χ4v) is 5.93. The average Bonchev–Trinajstić information content (AvgIpc) is 2.70. The summed E-state index contributed by atoms with van der Waals surface area (Å²) >= 11 is 0. The van der Waals surface area contributed by atoms with Crippen LogP contribution in [0.3, 0.4) is 0 Å². The Morgan fingerprint density at radius 1 is 1.31 bits per heavy atom. The zero-order chi connectivity index (χ0) is 21.2. The molecule has 1 heterocycles. The van der Waals surface area contributed by atoms with Crippen molar-refractivity contribution in [2.45, 2.75) is 56.6 Å². The lowest BCUT2D eigenvalue weighted by Gasteiger charge is -2.37. The van der Waals surface area contributed by atoms with E-state index in [1.807, 2.05) is 33.2 Å². The van der Waals surface area contributed by atoms with E-state index in [-0.39, 0.29) is 23.5 Å². The normalized spacial score (nSPS) is 26.1. The first-order valence-electron chi connectivity index (χ1n) is 10.5. The summed E-state index contributed by atoms with van der Waals surface area (Å²) in [6, 6.07) is 4.97. The van der Waals surface area contributed by atoms with E-state index in [9.17, 15) is 13.5 Å². The van der Waals surface area contributed by atoms with Crippen LogP contribution in [0.2, 0.25) is 0 Å². The fraction of sp³-hybridized carbons (Fsp3) is 0.636. The van der Waals surface area contributed by atoms with Gasteiger partial charge in [0.25, 0.3) is 0 Å². The maximum Gasteiger partial charge on any atom is 0.247 e. The van der Waals surface area contributed by atoms with Gasteiger partial charge in [0.2, 0.25) is 10.0 Å². The Labute approximate surface area is 175 Å². The number of benzene rings is 1. The predicted molar refractivity (Wildman–Crippen MR) is 115 cm³/mol. The number of aliphatic hydroxyl groups excluding tert-OH is 1. The summed E-state index contributed by atoms with van der Waals surface area (Å²) in [4.78, 5) is 2.25. The molecule has 0 fully saturated rings. The lowest BCUT2D eigenvalue weighted by atomic mass is 9.93. The standard InChI is InChI=1S/C22H34N2O4S/c1-16-13-24(17(2)15-25)29(26,27)22-11-10-19(18-8-6-5-7-9-18)12-20(22)28-21(16)14-23(3)4/h8,10-12,16-17,21,25H,5-7,9,13-15H2,1-4H3/t16-,17+,21+/m0/s1. The highest BCUT2D eigenvalue weighted by molar-refractivity contribution is 7.89. The molecule has 0 saturated heterocycles. The van der Waals surface area contributed by atoms with E-state index in [0.717, 1.165) is 24.8 Å². The number of hydrogen-bond acceptors (Lipinski definition) is 5. The van der Waals surface area contributed by atoms with Gasteiger partial charge in [0.15, 0.2) is 0 Å². The van der Waals surface area contributed by atoms with Crippen LogP contribution in [-0.2, 0) is 10.0 Å². The molecule has 7 heteroatoms. The summed E-state index contributed by atoms with van der Waals surface area (Å²) in [5.41, 5.74) is 2.30. The molecule has 0 amide bonds. The van der Waals surface area contributed by atoms with Crippen LogP contribution in [0.25, 0.3) is 5.57 Å². The van der Waals surface area contributed by atoms with Gasteiger partial charge in [-0.2, -0.15) is 4.31 Å². The van der Waals surface area contributed by atoms with Crippen LogP contribution in [0.4, 0.5) is 0 Å². The Kier molecular flexibility index (Phi) is 7.04. The number of aliphatic hydroxyl groups is 1. The van der Waals surface area contributed by atoms with Crippen molar-refractivity contribution in [3.8, 4) is 5.75 Å². The number of likely N-dealkylation sites (N-methyl/N-ethyl adjacent to an activating group) is 1. The van der Waals surface area contributed by atoms with Gasteiger partial charge in [-0.1, -0.05) is 19.1 Å². The van der Waals surface area contributed by atoms with E-state index in [1.165, 1.54) is 16.3 Å². The van der Waals surface area contributed by atoms with Gasteiger partial charge in [-0.05, 0) is 70.0 Å². The first kappa shape index (κ1) is 22.3. The molecule has 1 aliphatic carbocycles. The Balaban J connectivity index is 2.10. The Morgan fingerprint density at radius 3 is 2.69 bits per heavy atom. The molecule has 1 N–H and O–H groups in total. The van der Waals surface area contributed by atoms with Crippen molar-refractivity contribution in [2.75, 3.05) is 33.8 Å². The Morgan fingerprint density at radius 2 is 2.07 bits per heavy atom. The van der Waals surface area contributed by atoms with Crippen molar-refractivity contribution < 1.29 is 18.3 Å². The van der Waals surface area contributed by atoms with Gasteiger partial charge in [-0.15, -0.1) is 0 Å². The molecule has 2 aliphatic rings. The highest BCUT2D eigenvalue weighted by Crippen LogP contribution is 2.37. The van der Waals surface area contributed by atoms with Crippen molar-refractivity contribution in [3.63, 3.8) is 0 Å². The second-order valence-electron chi connectivity index (χ2n) is 8.64. The van der Waals surface area contributed by atoms with Crippen LogP contribution in [0, 0.1) is 5.92 Å². The number of fused-ring (bicyclic) bond motifs is 1. The first-order chi connectivity index (χ1) is 13.7. The molecular weight excluding hydrogens is 388 g/mol. The smallest absolute Gasteiger partial charge is 0.247 e. The second-order valence-corrected chi connectivity index (χ2v) is 10.5. The number of sulfonamides is 1. The maximum absolute atomic E-state index is 13.4. The van der Waals surface area contributed by atoms with Gasteiger partial charge >= 0.3 is 0 Å². The molecule has 162 valence electrons. The van der Waals surface area contributed by atoms with Crippen LogP contribution < -0.4 is 4.74 Å². The van der Waals surface area contributed by atoms with E-state index in [1.54, 1.807) is 13.0 Å². The summed E-state index contributed by atoms with van der Waals surface area (Å²) < 4.78 is 34.7. The van der Waals surface area contributed by atoms with E-state index in [0.29, 0.717) is 18.8 Å². The Bertz CT molecular complexity index is 850. The molecule has 0 spiro atoms. The lowest BCUT2D eigenvalue weighted by Crippen LogP contribution is -2.49. The van der Waals surface area contributed by atoms with E-state index in [4.69, 9.17) is 4.74 Å². The quantitative estimate of drug-likeness (QED) is 0.790. The van der Waals surface area contributed by atoms with Crippen molar-refractivity contribution in [2.24, 2.45) is 5.92 Å². The van der Waals surface area contributed by atoms with Crippen LogP contribution in [0.5, 0.6) is 5.75 Å². The summed E-state index contributed by atoms with van der Waals surface area (Å²) in [6.45, 7) is 4.54. The number of nitrogens with zero attached hydrogens (tertiary/aromatic N) is 2. The first-order valence-corrected chi connectivity index (χ1v) is 12.0. The molecule has 0 radical (unpaired) electrons. The molecule has 1 aliphatic heterocycles. The molecular formula is C22H34N2O4S. The Hall–Kier alpha value is -1.41. The largest absolute Gasteiger partial charge is 0.487 e. The summed E-state index contributed by atoms with van der Waals surface area (Å²) in [5, 5.41) is 9.69. The summed E-state index contributed by atoms with van der Waals surface area (Å²) in [6.07, 6.45) is 6.54. The van der Waals surface area contributed by atoms with Gasteiger partial charge in [0, 0.05) is 25.0 Å². The third-order valence-electron chi connectivity index (χ3n) is 5.87. The number of hydrogen-bond donors (Lipinski definition) is 1. The van der Waals surface area contributed by atoms with E-state index in [2.05, 4.69) is 11.0 Å². The highest BCUT2D eigenvalue weighted by atomic mass is 32.2. The summed E-state index contributed by atoms with van der Waals surface area (Å²) in [7, 11) is 0.209. The van der Waals surface area contributed by atoms with Crippen molar-refractivity contribution in [1.82, 2.24) is 9.21 Å². The topological polar surface area (TPSA) is 70.1 Å². The van der Waals surface area contributed by atoms with Crippen LogP contribution in [0.15, 0.2) is 29.2 Å². The van der Waals surface area contributed by atoms with E-state index < -0.39 is 16.1 Å². The zero-order valence-electron chi connectivity index (χ0n) is 18.0. The minimum Gasteiger partial charge on any atom is -0.487 e. The second kappa shape index (κ2) is 9.16. The average molecular weight is 423 g/mol. The van der Waals surface area contributed by atoms with Crippen LogP contribution in [0.1, 0.15) is 45.1 Å². The van der Waals surface area contributed by atoms with Crippen molar-refractivity contribution in [3.05, 3.63) is 29.8 Å². The van der Waals surface area contributed by atoms with Gasteiger partial charge < -0.3 is 14.7 Å². The molecule has 0 bridgehead atoms. The van der Waals surface area contributed by atoms with Crippen LogP contribution >= 0.6 is 0 Å². The minimum atomic E-state index is -3.77. The third-order valence-corrected chi connectivity index (χ3v) is 7.89. The molecule has 0 unspecified atom stereocenters. The van der Waals surface area contributed by atoms with Gasteiger partial charge in [-0.25, -0.2) is 8.42 Å². The molecule has 29 heavy (non-hydrogen) atoms. The zero-order valence-corrected chi connectivity index (χ0v) is 18.8. The molecule has 3 rings (SSSR count). The minimum absolute atomic E-state index is 0.0214. The fourth-order valence-electron chi connectivity index (χ4n) is 4.10. The lowest BCUT2D eigenvalue weighted by molar-refractivity contribution is 0.0812. The van der Waals surface area contributed by atoms with Crippen molar-refractivity contribution in [1.29, 1.82) is 0 Å². The molecule has 1 aromatic rings. The SMILES string of the molecule is C[C@H](CO)N1C[C@H](C)[C@@H](CN(C)C)Oc2cc(C3=CCCCC3)ccc2S1(=O)=O. The van der Waals surface area contributed by atoms with Gasteiger partial charge in [0.05, 0.1) is 6.61 Å².